The van der Waals surface area contributed by atoms with Crippen LogP contribution in [0.1, 0.15) is 35.4 Å². The number of methoxy groups -OCH3 is 1. The number of fused-ring (bicyclic) bond motifs is 1. The monoisotopic (exact) mass is 346 g/mol. The summed E-state index contributed by atoms with van der Waals surface area (Å²) in [7, 11) is 1.66. The lowest BCUT2D eigenvalue weighted by atomic mass is 10.1. The molecule has 0 aliphatic heterocycles. The molecule has 0 radical (unpaired) electrons. The zero-order valence-corrected chi connectivity index (χ0v) is 14.7. The van der Waals surface area contributed by atoms with Crippen LogP contribution in [0.15, 0.2) is 35.7 Å². The van der Waals surface area contributed by atoms with E-state index in [1.165, 1.54) is 11.3 Å². The summed E-state index contributed by atoms with van der Waals surface area (Å²) < 4.78 is 5.38. The summed E-state index contributed by atoms with van der Waals surface area (Å²) in [5.41, 5.74) is 1.20. The molecule has 3 N–H and O–H groups in total. The number of hydrogen-bond acceptors (Lipinski definition) is 4. The quantitative estimate of drug-likeness (QED) is 0.779. The molecule has 0 saturated carbocycles. The Balaban J connectivity index is 1.59. The third-order valence-corrected chi connectivity index (χ3v) is 5.52. The highest BCUT2D eigenvalue weighted by Crippen LogP contribution is 2.36. The second-order valence-corrected chi connectivity index (χ2v) is 7.15. The number of hydrogen-bond donors (Lipinski definition) is 3. The molecule has 128 valence electrons. The van der Waals surface area contributed by atoms with Crippen LogP contribution in [0.4, 0.5) is 4.79 Å². The van der Waals surface area contributed by atoms with Crippen molar-refractivity contribution in [2.75, 3.05) is 13.7 Å². The van der Waals surface area contributed by atoms with Crippen molar-refractivity contribution in [1.29, 1.82) is 0 Å². The van der Waals surface area contributed by atoms with Gasteiger partial charge in [-0.05, 0) is 48.4 Å². The van der Waals surface area contributed by atoms with Crippen LogP contribution in [0, 0.1) is 0 Å². The molecule has 0 unspecified atom stereocenters. The minimum Gasteiger partial charge on any atom is -0.496 e. The predicted molar refractivity (Wildman–Crippen MR) is 94.5 cm³/mol. The number of carbonyl (C=O) groups excluding carboxylic acids is 1. The Bertz CT molecular complexity index is 713. The molecule has 2 atom stereocenters. The maximum absolute atomic E-state index is 12.2. The van der Waals surface area contributed by atoms with Gasteiger partial charge < -0.3 is 20.5 Å². The van der Waals surface area contributed by atoms with Gasteiger partial charge in [-0.15, -0.1) is 11.3 Å². The molecule has 0 bridgehead atoms. The van der Waals surface area contributed by atoms with E-state index in [0.29, 0.717) is 0 Å². The van der Waals surface area contributed by atoms with E-state index < -0.39 is 5.60 Å². The summed E-state index contributed by atoms with van der Waals surface area (Å²) in [6.07, 6.45) is 1.74. The van der Waals surface area contributed by atoms with E-state index in [-0.39, 0.29) is 18.6 Å². The maximum atomic E-state index is 12.2. The predicted octanol–water partition coefficient (Wildman–Crippen LogP) is 2.95. The molecular formula is C18H22N2O3S. The molecule has 2 amide bonds. The van der Waals surface area contributed by atoms with Gasteiger partial charge >= 0.3 is 6.03 Å². The first-order valence-electron chi connectivity index (χ1n) is 7.98. The number of carbonyl (C=O) groups is 1. The van der Waals surface area contributed by atoms with Gasteiger partial charge in [-0.3, -0.25) is 0 Å². The van der Waals surface area contributed by atoms with Crippen LogP contribution in [-0.4, -0.2) is 24.8 Å². The Morgan fingerprint density at radius 3 is 2.96 bits per heavy atom. The Hall–Kier alpha value is -2.05. The average Bonchev–Trinajstić information content (AvgIpc) is 3.23. The van der Waals surface area contributed by atoms with Gasteiger partial charge in [0.1, 0.15) is 11.4 Å². The molecule has 0 saturated heterocycles. The van der Waals surface area contributed by atoms with Crippen molar-refractivity contribution in [3.05, 3.63) is 51.7 Å². The molecule has 1 aliphatic rings. The Morgan fingerprint density at radius 2 is 2.25 bits per heavy atom. The second kappa shape index (κ2) is 6.83. The Kier molecular flexibility index (Phi) is 4.78. The number of ether oxygens (including phenoxy) is 1. The van der Waals surface area contributed by atoms with Crippen molar-refractivity contribution in [2.24, 2.45) is 0 Å². The average molecular weight is 346 g/mol. The van der Waals surface area contributed by atoms with Crippen LogP contribution in [-0.2, 0) is 12.0 Å². The fourth-order valence-electron chi connectivity index (χ4n) is 3.10. The standard InChI is InChI=1S/C18H22N2O3S/c1-18(22,16-7-4-10-24-16)11-19-17(21)20-14-9-8-13-12(14)5-3-6-15(13)23-2/h3-7,10,14,22H,8-9,11H2,1-2H3,(H2,19,20,21)/t14-,18+/m1/s1. The number of amides is 2. The van der Waals surface area contributed by atoms with Gasteiger partial charge in [0.05, 0.1) is 19.7 Å². The third-order valence-electron chi connectivity index (χ3n) is 4.40. The maximum Gasteiger partial charge on any atom is 0.315 e. The summed E-state index contributed by atoms with van der Waals surface area (Å²) in [5.74, 6) is 0.873. The topological polar surface area (TPSA) is 70.6 Å². The normalized spacial score (nSPS) is 18.5. The van der Waals surface area contributed by atoms with Crippen LogP contribution < -0.4 is 15.4 Å². The first kappa shape index (κ1) is 16.8. The van der Waals surface area contributed by atoms with Gasteiger partial charge in [-0.25, -0.2) is 4.79 Å². The lowest BCUT2D eigenvalue weighted by molar-refractivity contribution is 0.0630. The van der Waals surface area contributed by atoms with Crippen LogP contribution >= 0.6 is 11.3 Å². The molecule has 3 rings (SSSR count). The summed E-state index contributed by atoms with van der Waals surface area (Å²) in [6.45, 7) is 1.87. The lowest BCUT2D eigenvalue weighted by Crippen LogP contribution is -2.44. The molecular weight excluding hydrogens is 324 g/mol. The molecule has 24 heavy (non-hydrogen) atoms. The first-order valence-corrected chi connectivity index (χ1v) is 8.86. The smallest absolute Gasteiger partial charge is 0.315 e. The van der Waals surface area contributed by atoms with E-state index in [0.717, 1.165) is 34.6 Å². The van der Waals surface area contributed by atoms with Gasteiger partial charge in [-0.2, -0.15) is 0 Å². The van der Waals surface area contributed by atoms with Crippen LogP contribution in [0.2, 0.25) is 0 Å². The first-order chi connectivity index (χ1) is 11.5. The second-order valence-electron chi connectivity index (χ2n) is 6.20. The number of benzene rings is 1. The van der Waals surface area contributed by atoms with Crippen LogP contribution in [0.25, 0.3) is 0 Å². The van der Waals surface area contributed by atoms with Crippen LogP contribution in [0.3, 0.4) is 0 Å². The summed E-state index contributed by atoms with van der Waals surface area (Å²) >= 11 is 1.47. The van der Waals surface area contributed by atoms with Crippen molar-refractivity contribution in [3.63, 3.8) is 0 Å². The van der Waals surface area contributed by atoms with Crippen molar-refractivity contribution in [3.8, 4) is 5.75 Å². The SMILES string of the molecule is COc1cccc2c1CC[C@H]2NC(=O)NC[C@](C)(O)c1cccs1. The minimum atomic E-state index is -1.07. The number of nitrogens with one attached hydrogen (secondary N) is 2. The molecule has 1 aromatic heterocycles. The highest BCUT2D eigenvalue weighted by atomic mass is 32.1. The number of rotatable bonds is 5. The van der Waals surface area contributed by atoms with Crippen molar-refractivity contribution in [2.45, 2.75) is 31.4 Å². The third kappa shape index (κ3) is 3.39. The van der Waals surface area contributed by atoms with E-state index >= 15 is 0 Å². The van der Waals surface area contributed by atoms with Gasteiger partial charge in [0.25, 0.3) is 0 Å². The highest BCUT2D eigenvalue weighted by molar-refractivity contribution is 7.10. The zero-order valence-electron chi connectivity index (χ0n) is 13.8. The lowest BCUT2D eigenvalue weighted by Gasteiger charge is -2.23. The fraction of sp³-hybridized carbons (Fsp3) is 0.389. The fourth-order valence-corrected chi connectivity index (χ4v) is 3.88. The summed E-state index contributed by atoms with van der Waals surface area (Å²) in [6, 6.07) is 9.37. The highest BCUT2D eigenvalue weighted by Gasteiger charge is 2.28. The molecule has 0 fully saturated rings. The molecule has 0 spiro atoms. The van der Waals surface area contributed by atoms with Crippen molar-refractivity contribution in [1.82, 2.24) is 10.6 Å². The van der Waals surface area contributed by atoms with Gasteiger partial charge in [-0.1, -0.05) is 18.2 Å². The molecule has 2 aromatic rings. The Morgan fingerprint density at radius 1 is 1.42 bits per heavy atom. The van der Waals surface area contributed by atoms with E-state index in [2.05, 4.69) is 10.6 Å². The largest absolute Gasteiger partial charge is 0.496 e. The number of urea groups is 1. The molecule has 1 aliphatic carbocycles. The Labute approximate surface area is 145 Å². The molecule has 1 heterocycles. The summed E-state index contributed by atoms with van der Waals surface area (Å²) in [4.78, 5) is 13.1. The van der Waals surface area contributed by atoms with E-state index in [1.54, 1.807) is 14.0 Å². The van der Waals surface area contributed by atoms with E-state index in [9.17, 15) is 9.90 Å². The van der Waals surface area contributed by atoms with Crippen LogP contribution in [0.5, 0.6) is 5.75 Å². The summed E-state index contributed by atoms with van der Waals surface area (Å²) in [5, 5.41) is 18.1. The van der Waals surface area contributed by atoms with Crippen molar-refractivity contribution >= 4 is 17.4 Å². The molecule has 5 nitrogen and oxygen atoms in total. The molecule has 1 aromatic carbocycles. The van der Waals surface area contributed by atoms with E-state index in [1.807, 2.05) is 35.7 Å². The van der Waals surface area contributed by atoms with Gasteiger partial charge in [0, 0.05) is 4.88 Å². The molecule has 6 heteroatoms. The zero-order chi connectivity index (χ0) is 17.2. The van der Waals surface area contributed by atoms with Gasteiger partial charge in [0.15, 0.2) is 0 Å². The van der Waals surface area contributed by atoms with Gasteiger partial charge in [0.2, 0.25) is 0 Å². The number of thiophene rings is 1. The van der Waals surface area contributed by atoms with Crippen molar-refractivity contribution < 1.29 is 14.6 Å². The number of aliphatic hydroxyl groups is 1. The van der Waals surface area contributed by atoms with E-state index in [4.69, 9.17) is 4.74 Å². The minimum absolute atomic E-state index is 0.0261.